The standard InChI is InChI=1S/C10H15N5O2/c1-2-3-4-5-11-15-6-7-8(14-15)12-10(17)13-9(7)16/h6,11H,2-5H2,1H3,(H2,12,13,14,16,17). The molecule has 0 fully saturated rings. The first kappa shape index (κ1) is 11.4. The van der Waals surface area contributed by atoms with Crippen molar-refractivity contribution in [2.45, 2.75) is 26.2 Å². The first-order chi connectivity index (χ1) is 8.20. The molecule has 0 saturated heterocycles. The third-order valence-electron chi connectivity index (χ3n) is 2.47. The summed E-state index contributed by atoms with van der Waals surface area (Å²) in [5, 5.41) is 4.43. The van der Waals surface area contributed by atoms with Crippen molar-refractivity contribution in [2.75, 3.05) is 12.0 Å². The Labute approximate surface area is 96.8 Å². The summed E-state index contributed by atoms with van der Waals surface area (Å²) in [6.07, 6.45) is 4.90. The maximum absolute atomic E-state index is 11.4. The summed E-state index contributed by atoms with van der Waals surface area (Å²) in [7, 11) is 0. The van der Waals surface area contributed by atoms with Gasteiger partial charge in [0.25, 0.3) is 5.56 Å². The molecular weight excluding hydrogens is 222 g/mol. The first-order valence-corrected chi connectivity index (χ1v) is 5.66. The van der Waals surface area contributed by atoms with Crippen LogP contribution in [0.2, 0.25) is 0 Å². The van der Waals surface area contributed by atoms with Crippen LogP contribution in [0.1, 0.15) is 26.2 Å². The van der Waals surface area contributed by atoms with Crippen LogP contribution in [0, 0.1) is 0 Å². The number of nitrogens with one attached hydrogen (secondary N) is 3. The monoisotopic (exact) mass is 237 g/mol. The SMILES string of the molecule is CCCCCNn1cc2c(=O)[nH]c(=O)[nH]c2n1. The van der Waals surface area contributed by atoms with E-state index in [2.05, 4.69) is 27.4 Å². The topological polar surface area (TPSA) is 95.6 Å². The summed E-state index contributed by atoms with van der Waals surface area (Å²) in [6, 6.07) is 0. The Bertz CT molecular complexity index is 609. The second-order valence-electron chi connectivity index (χ2n) is 3.86. The average Bonchev–Trinajstić information content (AvgIpc) is 2.67. The normalized spacial score (nSPS) is 10.9. The average molecular weight is 237 g/mol. The smallest absolute Gasteiger partial charge is 0.310 e. The predicted octanol–water partition coefficient (Wildman–Crippen LogP) is 0.147. The van der Waals surface area contributed by atoms with Gasteiger partial charge < -0.3 is 5.43 Å². The van der Waals surface area contributed by atoms with E-state index >= 15 is 0 Å². The van der Waals surface area contributed by atoms with Gasteiger partial charge in [0.15, 0.2) is 5.65 Å². The second kappa shape index (κ2) is 4.86. The number of unbranched alkanes of at least 4 members (excludes halogenated alkanes) is 2. The summed E-state index contributed by atoms with van der Waals surface area (Å²) in [5.74, 6) is 0. The quantitative estimate of drug-likeness (QED) is 0.645. The molecule has 0 amide bonds. The highest BCUT2D eigenvalue weighted by Gasteiger charge is 2.05. The van der Waals surface area contributed by atoms with Gasteiger partial charge in [0.1, 0.15) is 5.39 Å². The zero-order valence-corrected chi connectivity index (χ0v) is 9.62. The van der Waals surface area contributed by atoms with Crippen LogP contribution in [0.15, 0.2) is 15.8 Å². The fourth-order valence-electron chi connectivity index (χ4n) is 1.59. The van der Waals surface area contributed by atoms with Gasteiger partial charge in [-0.1, -0.05) is 19.8 Å². The van der Waals surface area contributed by atoms with Gasteiger partial charge in [0.2, 0.25) is 0 Å². The van der Waals surface area contributed by atoms with E-state index in [0.29, 0.717) is 11.0 Å². The summed E-state index contributed by atoms with van der Waals surface area (Å²) in [4.78, 5) is 28.6. The van der Waals surface area contributed by atoms with Crippen LogP contribution in [0.25, 0.3) is 11.0 Å². The van der Waals surface area contributed by atoms with Crippen LogP contribution in [0.4, 0.5) is 0 Å². The number of nitrogens with zero attached hydrogens (tertiary/aromatic N) is 2. The number of aromatic nitrogens is 4. The third-order valence-corrected chi connectivity index (χ3v) is 2.47. The number of H-pyrrole nitrogens is 2. The molecule has 2 aromatic heterocycles. The van der Waals surface area contributed by atoms with E-state index < -0.39 is 11.2 Å². The van der Waals surface area contributed by atoms with E-state index in [-0.39, 0.29) is 0 Å². The van der Waals surface area contributed by atoms with E-state index in [0.717, 1.165) is 25.8 Å². The second-order valence-corrected chi connectivity index (χ2v) is 3.86. The van der Waals surface area contributed by atoms with Crippen molar-refractivity contribution in [2.24, 2.45) is 0 Å². The maximum Gasteiger partial charge on any atom is 0.327 e. The summed E-state index contributed by atoms with van der Waals surface area (Å²) >= 11 is 0. The minimum atomic E-state index is -0.543. The van der Waals surface area contributed by atoms with Crippen molar-refractivity contribution in [3.05, 3.63) is 27.0 Å². The van der Waals surface area contributed by atoms with Crippen molar-refractivity contribution in [3.8, 4) is 0 Å². The van der Waals surface area contributed by atoms with Gasteiger partial charge >= 0.3 is 5.69 Å². The molecule has 7 nitrogen and oxygen atoms in total. The number of rotatable bonds is 5. The Balaban J connectivity index is 2.18. The molecule has 7 heteroatoms. The van der Waals surface area contributed by atoms with E-state index in [1.807, 2.05) is 0 Å². The first-order valence-electron chi connectivity index (χ1n) is 5.66. The molecular formula is C10H15N5O2. The molecule has 2 heterocycles. The predicted molar refractivity (Wildman–Crippen MR) is 64.7 cm³/mol. The lowest BCUT2D eigenvalue weighted by molar-refractivity contribution is 0.670. The Morgan fingerprint density at radius 2 is 2.18 bits per heavy atom. The zero-order valence-electron chi connectivity index (χ0n) is 9.62. The summed E-state index contributed by atoms with van der Waals surface area (Å²) < 4.78 is 0. The highest BCUT2D eigenvalue weighted by atomic mass is 16.2. The third kappa shape index (κ3) is 2.55. The van der Waals surface area contributed by atoms with Crippen molar-refractivity contribution in [1.29, 1.82) is 0 Å². The molecule has 17 heavy (non-hydrogen) atoms. The van der Waals surface area contributed by atoms with E-state index in [1.54, 1.807) is 6.20 Å². The Kier molecular flexibility index (Phi) is 3.27. The minimum absolute atomic E-state index is 0.293. The van der Waals surface area contributed by atoms with Gasteiger partial charge in [-0.3, -0.25) is 14.8 Å². The lowest BCUT2D eigenvalue weighted by Gasteiger charge is -2.03. The molecule has 0 aliphatic carbocycles. The molecule has 0 atom stereocenters. The van der Waals surface area contributed by atoms with E-state index in [1.165, 1.54) is 4.79 Å². The van der Waals surface area contributed by atoms with Gasteiger partial charge in [-0.05, 0) is 6.42 Å². The summed E-state index contributed by atoms with van der Waals surface area (Å²) in [6.45, 7) is 2.91. The molecule has 92 valence electrons. The molecule has 0 aliphatic heterocycles. The van der Waals surface area contributed by atoms with Gasteiger partial charge in [0.05, 0.1) is 6.20 Å². The fourth-order valence-corrected chi connectivity index (χ4v) is 1.59. The molecule has 0 saturated carbocycles. The highest BCUT2D eigenvalue weighted by molar-refractivity contribution is 5.72. The summed E-state index contributed by atoms with van der Waals surface area (Å²) in [5.41, 5.74) is 2.37. The van der Waals surface area contributed by atoms with E-state index in [9.17, 15) is 9.59 Å². The van der Waals surface area contributed by atoms with Gasteiger partial charge in [0, 0.05) is 6.54 Å². The molecule has 2 aromatic rings. The maximum atomic E-state index is 11.4. The van der Waals surface area contributed by atoms with Crippen LogP contribution < -0.4 is 16.7 Å². The molecule has 0 unspecified atom stereocenters. The van der Waals surface area contributed by atoms with Crippen LogP contribution in [0.5, 0.6) is 0 Å². The Morgan fingerprint density at radius 1 is 1.35 bits per heavy atom. The van der Waals surface area contributed by atoms with Crippen LogP contribution in [0.3, 0.4) is 0 Å². The Morgan fingerprint density at radius 3 is 2.94 bits per heavy atom. The lowest BCUT2D eigenvalue weighted by Crippen LogP contribution is -2.21. The molecule has 0 bridgehead atoms. The van der Waals surface area contributed by atoms with Crippen LogP contribution >= 0.6 is 0 Å². The van der Waals surface area contributed by atoms with Crippen molar-refractivity contribution in [3.63, 3.8) is 0 Å². The fraction of sp³-hybridized carbons (Fsp3) is 0.500. The Hall–Kier alpha value is -2.05. The highest BCUT2D eigenvalue weighted by Crippen LogP contribution is 1.99. The zero-order chi connectivity index (χ0) is 12.3. The van der Waals surface area contributed by atoms with Gasteiger partial charge in [-0.2, -0.15) is 4.79 Å². The van der Waals surface area contributed by atoms with Crippen LogP contribution in [-0.2, 0) is 0 Å². The van der Waals surface area contributed by atoms with Crippen LogP contribution in [-0.4, -0.2) is 26.4 Å². The molecule has 0 aromatic carbocycles. The molecule has 2 rings (SSSR count). The molecule has 0 radical (unpaired) electrons. The number of aromatic amines is 2. The van der Waals surface area contributed by atoms with Gasteiger partial charge in [-0.25, -0.2) is 4.79 Å². The van der Waals surface area contributed by atoms with Gasteiger partial charge in [-0.15, -0.1) is 5.10 Å². The molecule has 0 spiro atoms. The van der Waals surface area contributed by atoms with Crippen molar-refractivity contribution >= 4 is 11.0 Å². The molecule has 3 N–H and O–H groups in total. The lowest BCUT2D eigenvalue weighted by atomic mass is 10.2. The number of hydrogen-bond donors (Lipinski definition) is 3. The largest absolute Gasteiger partial charge is 0.327 e. The minimum Gasteiger partial charge on any atom is -0.310 e. The van der Waals surface area contributed by atoms with Crippen molar-refractivity contribution < 1.29 is 0 Å². The molecule has 0 aliphatic rings. The van der Waals surface area contributed by atoms with Crippen molar-refractivity contribution in [1.82, 2.24) is 19.9 Å². The van der Waals surface area contributed by atoms with E-state index in [4.69, 9.17) is 0 Å². The number of fused-ring (bicyclic) bond motifs is 1. The number of hydrogen-bond acceptors (Lipinski definition) is 4.